The van der Waals surface area contributed by atoms with Crippen LogP contribution in [0.25, 0.3) is 0 Å². The molecule has 0 unspecified atom stereocenters. The molecule has 3 saturated heterocycles. The number of oxime groups is 1. The maximum Gasteiger partial charge on any atom is 0.410 e. The van der Waals surface area contributed by atoms with Gasteiger partial charge >= 0.3 is 18.1 Å². The molecule has 4 heterocycles. The first-order valence-electron chi connectivity index (χ1n) is 14.6. The summed E-state index contributed by atoms with van der Waals surface area (Å²) in [5.41, 5.74) is 0.155. The Morgan fingerprint density at radius 1 is 1.16 bits per heavy atom. The van der Waals surface area contributed by atoms with Gasteiger partial charge in [0.1, 0.15) is 18.9 Å². The topological polar surface area (TPSA) is 161 Å². The second-order valence-electron chi connectivity index (χ2n) is 11.2. The average molecular weight is 620 g/mol. The number of piperidine rings is 1. The van der Waals surface area contributed by atoms with E-state index in [0.717, 1.165) is 19.3 Å². The molecule has 0 aromatic carbocycles. The van der Waals surface area contributed by atoms with Gasteiger partial charge < -0.3 is 34.5 Å². The van der Waals surface area contributed by atoms with Gasteiger partial charge in [-0.1, -0.05) is 37.4 Å². The number of urea groups is 1. The van der Waals surface area contributed by atoms with Crippen LogP contribution in [0, 0.1) is 11.8 Å². The number of carbonyl (C=O) groups excluding carboxylic acids is 4. The van der Waals surface area contributed by atoms with Crippen LogP contribution in [-0.4, -0.2) is 111 Å². The van der Waals surface area contributed by atoms with E-state index in [1.807, 2.05) is 6.92 Å². The summed E-state index contributed by atoms with van der Waals surface area (Å²) in [6.07, 6.45) is 4.80. The molecular weight excluding hydrogens is 578 g/mol. The van der Waals surface area contributed by atoms with E-state index in [9.17, 15) is 29.5 Å². The highest BCUT2D eigenvalue weighted by molar-refractivity contribution is 8.03. The molecule has 0 aromatic heterocycles. The summed E-state index contributed by atoms with van der Waals surface area (Å²) >= 11 is 1.39. The highest BCUT2D eigenvalue weighted by Gasteiger charge is 2.60. The van der Waals surface area contributed by atoms with E-state index in [2.05, 4.69) is 23.6 Å². The third kappa shape index (κ3) is 6.85. The molecule has 0 bridgehead atoms. The molecule has 0 radical (unpaired) electrons. The minimum Gasteiger partial charge on any atom is -0.457 e. The Bertz CT molecular complexity index is 1180. The molecule has 0 saturated carbocycles. The summed E-state index contributed by atoms with van der Waals surface area (Å²) in [4.78, 5) is 57.2. The molecule has 13 nitrogen and oxygen atoms in total. The molecule has 14 heteroatoms. The summed E-state index contributed by atoms with van der Waals surface area (Å²) in [6, 6.07) is -1.23. The quantitative estimate of drug-likeness (QED) is 0.0635. The number of hydrogen-bond donors (Lipinski definition) is 3. The molecule has 0 spiro atoms. The highest BCUT2D eigenvalue weighted by atomic mass is 32.2. The number of aliphatic hydroxyl groups is 1. The van der Waals surface area contributed by atoms with Gasteiger partial charge in [-0.2, -0.15) is 0 Å². The third-order valence-electron chi connectivity index (χ3n) is 8.31. The Kier molecular flexibility index (Phi) is 10.8. The zero-order valence-corrected chi connectivity index (χ0v) is 25.5. The van der Waals surface area contributed by atoms with Crippen molar-refractivity contribution >= 4 is 41.6 Å². The normalized spacial score (nSPS) is 27.8. The summed E-state index contributed by atoms with van der Waals surface area (Å²) in [5, 5.41) is 25.8. The number of fused-ring (bicyclic) bond motifs is 1. The fourth-order valence-electron chi connectivity index (χ4n) is 6.28. The number of ether oxygens (including phenoxy) is 2. The minimum atomic E-state index is -0.881. The predicted octanol–water partition coefficient (Wildman–Crippen LogP) is 2.66. The Morgan fingerprint density at radius 2 is 1.84 bits per heavy atom. The standard InChI is InChI=1S/C29H41N5O8S/c1-5-12-41-27(37)24-25(17(3)23-22(18(4)35)26(36)34(23)24)43-20-14-19(33(16-20)29(39)42-13-6-2)15-21(31-40)30-28(38)32-10-8-7-9-11-32/h5-6,17-20,22-23,35,40H,1-2,7-16H2,3-4H3,(H,30,31,38)/t17-,18-,19+,20+,22+,23-/m1/s1. The fourth-order valence-corrected chi connectivity index (χ4v) is 7.84. The molecule has 0 aromatic rings. The van der Waals surface area contributed by atoms with E-state index in [-0.39, 0.29) is 66.9 Å². The van der Waals surface area contributed by atoms with Gasteiger partial charge in [-0.05, 0) is 32.6 Å². The molecule has 3 fully saturated rings. The van der Waals surface area contributed by atoms with Crippen molar-refractivity contribution in [3.63, 3.8) is 0 Å². The van der Waals surface area contributed by atoms with Crippen molar-refractivity contribution in [1.82, 2.24) is 20.0 Å². The fraction of sp³-hybridized carbons (Fsp3) is 0.621. The largest absolute Gasteiger partial charge is 0.457 e. The number of amidine groups is 1. The summed E-state index contributed by atoms with van der Waals surface area (Å²) in [5.74, 6) is -1.85. The molecule has 4 rings (SSSR count). The monoisotopic (exact) mass is 619 g/mol. The molecule has 4 amide bonds. The van der Waals surface area contributed by atoms with Crippen molar-refractivity contribution in [2.45, 2.75) is 69.4 Å². The lowest BCUT2D eigenvalue weighted by molar-refractivity contribution is -0.164. The van der Waals surface area contributed by atoms with Crippen LogP contribution in [0.15, 0.2) is 41.1 Å². The molecule has 0 aliphatic carbocycles. The second kappa shape index (κ2) is 14.3. The first-order chi connectivity index (χ1) is 20.6. The van der Waals surface area contributed by atoms with Gasteiger partial charge in [0.15, 0.2) is 5.84 Å². The maximum atomic E-state index is 13.1. The third-order valence-corrected chi connectivity index (χ3v) is 9.80. The number of carbonyl (C=O) groups is 4. The number of amides is 4. The number of thioether (sulfide) groups is 1. The summed E-state index contributed by atoms with van der Waals surface area (Å²) in [7, 11) is 0. The number of aliphatic hydroxyl groups excluding tert-OH is 1. The summed E-state index contributed by atoms with van der Waals surface area (Å²) in [6.45, 7) is 12.1. The number of nitrogens with zero attached hydrogens (tertiary/aromatic N) is 4. The van der Waals surface area contributed by atoms with Gasteiger partial charge in [0.05, 0.1) is 18.1 Å². The molecule has 4 aliphatic heterocycles. The highest BCUT2D eigenvalue weighted by Crippen LogP contribution is 2.52. The van der Waals surface area contributed by atoms with Crippen LogP contribution in [0.3, 0.4) is 0 Å². The lowest BCUT2D eigenvalue weighted by atomic mass is 9.79. The van der Waals surface area contributed by atoms with Crippen molar-refractivity contribution in [3.05, 3.63) is 35.9 Å². The number of nitrogens with one attached hydrogen (secondary N) is 1. The van der Waals surface area contributed by atoms with E-state index in [1.165, 1.54) is 33.7 Å². The van der Waals surface area contributed by atoms with Crippen LogP contribution in [0.4, 0.5) is 9.59 Å². The number of rotatable bonds is 10. The van der Waals surface area contributed by atoms with E-state index < -0.39 is 30.1 Å². The first-order valence-corrected chi connectivity index (χ1v) is 15.5. The Labute approximate surface area is 255 Å². The van der Waals surface area contributed by atoms with Gasteiger partial charge in [-0.15, -0.1) is 11.8 Å². The second-order valence-corrected chi connectivity index (χ2v) is 12.6. The van der Waals surface area contributed by atoms with Gasteiger partial charge in [0, 0.05) is 48.2 Å². The van der Waals surface area contributed by atoms with Gasteiger partial charge in [0.2, 0.25) is 5.91 Å². The van der Waals surface area contributed by atoms with E-state index >= 15 is 0 Å². The van der Waals surface area contributed by atoms with Crippen LogP contribution < -0.4 is 5.32 Å². The number of β-lactam (4-membered cyclic amide) rings is 1. The van der Waals surface area contributed by atoms with E-state index in [1.54, 1.807) is 11.8 Å². The van der Waals surface area contributed by atoms with E-state index in [4.69, 9.17) is 9.47 Å². The predicted molar refractivity (Wildman–Crippen MR) is 159 cm³/mol. The molecule has 4 aliphatic rings. The number of esters is 1. The van der Waals surface area contributed by atoms with Crippen LogP contribution in [0.2, 0.25) is 0 Å². The lowest BCUT2D eigenvalue weighted by Gasteiger charge is -2.46. The van der Waals surface area contributed by atoms with Gasteiger partial charge in [-0.3, -0.25) is 10.1 Å². The average Bonchev–Trinajstić information content (AvgIpc) is 3.50. The number of hydrogen-bond acceptors (Lipinski definition) is 10. The Balaban J connectivity index is 1.54. The molecule has 6 atom stereocenters. The SMILES string of the molecule is C=CCOC(=O)C1=C(S[C@H]2C[C@@H](C/C(=N/O)NC(=O)N3CCCCC3)N(C(=O)OCC=C)C2)[C@H](C)[C@@H]2[C@H]([C@@H](C)O)C(=O)N12. The molecule has 43 heavy (non-hydrogen) atoms. The van der Waals surface area contributed by atoms with Gasteiger partial charge in [0.25, 0.3) is 0 Å². The molecular formula is C29H41N5O8S. The Morgan fingerprint density at radius 3 is 2.47 bits per heavy atom. The van der Waals surface area contributed by atoms with Crippen molar-refractivity contribution < 1.29 is 39.0 Å². The zero-order valence-electron chi connectivity index (χ0n) is 24.6. The van der Waals surface area contributed by atoms with Crippen LogP contribution in [0.5, 0.6) is 0 Å². The van der Waals surface area contributed by atoms with Crippen molar-refractivity contribution in [2.75, 3.05) is 32.8 Å². The maximum absolute atomic E-state index is 13.1. The Hall–Kier alpha value is -3.52. The summed E-state index contributed by atoms with van der Waals surface area (Å²) < 4.78 is 10.7. The van der Waals surface area contributed by atoms with Crippen molar-refractivity contribution in [3.8, 4) is 0 Å². The zero-order chi connectivity index (χ0) is 31.3. The van der Waals surface area contributed by atoms with Gasteiger partial charge in [-0.25, -0.2) is 14.4 Å². The number of likely N-dealkylation sites (tertiary alicyclic amines) is 2. The first kappa shape index (κ1) is 32.4. The smallest absolute Gasteiger partial charge is 0.410 e. The minimum absolute atomic E-state index is 0.00741. The molecule has 236 valence electrons. The van der Waals surface area contributed by atoms with E-state index in [0.29, 0.717) is 24.4 Å². The molecule has 3 N–H and O–H groups in total. The van der Waals surface area contributed by atoms with Crippen LogP contribution in [0.1, 0.15) is 46.0 Å². The lowest BCUT2D eigenvalue weighted by Crippen LogP contribution is -2.63. The van der Waals surface area contributed by atoms with Crippen molar-refractivity contribution in [2.24, 2.45) is 17.0 Å². The van der Waals surface area contributed by atoms with Crippen LogP contribution in [-0.2, 0) is 19.1 Å². The van der Waals surface area contributed by atoms with Crippen molar-refractivity contribution in [1.29, 1.82) is 0 Å². The van der Waals surface area contributed by atoms with Crippen LogP contribution >= 0.6 is 11.8 Å².